The van der Waals surface area contributed by atoms with Crippen molar-refractivity contribution in [2.45, 2.75) is 19.9 Å². The third-order valence-electron chi connectivity index (χ3n) is 3.12. The number of nitrogens with zero attached hydrogens (tertiary/aromatic N) is 2. The maximum absolute atomic E-state index is 11.9. The Labute approximate surface area is 130 Å². The Balaban J connectivity index is 2.11. The van der Waals surface area contributed by atoms with E-state index in [-0.39, 0.29) is 24.3 Å². The van der Waals surface area contributed by atoms with Gasteiger partial charge in [-0.25, -0.2) is 9.78 Å². The molecule has 1 atom stereocenters. The van der Waals surface area contributed by atoms with Gasteiger partial charge in [-0.3, -0.25) is 15.4 Å². The predicted molar refractivity (Wildman–Crippen MR) is 84.1 cm³/mol. The highest BCUT2D eigenvalue weighted by Crippen LogP contribution is 2.29. The van der Waals surface area contributed by atoms with Crippen LogP contribution in [0.3, 0.4) is 0 Å². The van der Waals surface area contributed by atoms with Gasteiger partial charge in [0.15, 0.2) is 5.13 Å². The van der Waals surface area contributed by atoms with E-state index in [0.29, 0.717) is 15.3 Å². The van der Waals surface area contributed by atoms with Gasteiger partial charge in [0.2, 0.25) is 0 Å². The molecule has 0 unspecified atom stereocenters. The Kier molecular flexibility index (Phi) is 4.88. The molecular weight excluding hydrogens is 308 g/mol. The summed E-state index contributed by atoms with van der Waals surface area (Å²) < 4.78 is 0.618. The first-order chi connectivity index (χ1) is 10.4. The quantitative estimate of drug-likeness (QED) is 0.576. The van der Waals surface area contributed by atoms with E-state index in [1.165, 1.54) is 18.2 Å². The number of fused-ring (bicyclic) bond motifs is 1. The van der Waals surface area contributed by atoms with Gasteiger partial charge in [-0.2, -0.15) is 0 Å². The predicted octanol–water partition coefficient (Wildman–Crippen LogP) is 2.34. The van der Waals surface area contributed by atoms with E-state index in [2.05, 4.69) is 15.6 Å². The molecule has 0 fully saturated rings. The molecule has 0 saturated carbocycles. The van der Waals surface area contributed by atoms with Crippen LogP contribution < -0.4 is 10.6 Å². The summed E-state index contributed by atoms with van der Waals surface area (Å²) in [6, 6.07) is 3.50. The molecule has 0 aliphatic heterocycles. The van der Waals surface area contributed by atoms with Crippen LogP contribution in [0.4, 0.5) is 15.6 Å². The number of nitrogens with one attached hydrogen (secondary N) is 2. The second kappa shape index (κ2) is 6.67. The van der Waals surface area contributed by atoms with Gasteiger partial charge in [0.25, 0.3) is 5.69 Å². The molecule has 0 spiro atoms. The lowest BCUT2D eigenvalue weighted by atomic mass is 10.1. The fourth-order valence-electron chi connectivity index (χ4n) is 1.81. The molecule has 0 aliphatic rings. The third kappa shape index (κ3) is 3.68. The molecule has 0 aliphatic carbocycles. The van der Waals surface area contributed by atoms with E-state index >= 15 is 0 Å². The van der Waals surface area contributed by atoms with Crippen molar-refractivity contribution >= 4 is 38.4 Å². The van der Waals surface area contributed by atoms with Crippen LogP contribution in [-0.2, 0) is 0 Å². The number of non-ortho nitro benzene ring substituents is 1. The number of urea groups is 1. The number of carbonyl (C=O) groups is 1. The van der Waals surface area contributed by atoms with E-state index < -0.39 is 11.0 Å². The lowest BCUT2D eigenvalue weighted by Gasteiger charge is -2.19. The van der Waals surface area contributed by atoms with E-state index in [1.807, 2.05) is 13.8 Å². The molecule has 0 saturated heterocycles. The molecule has 2 amide bonds. The number of hydrogen-bond donors (Lipinski definition) is 3. The number of thiazole rings is 1. The van der Waals surface area contributed by atoms with E-state index in [0.717, 1.165) is 11.3 Å². The second-order valence-electron chi connectivity index (χ2n) is 5.06. The number of nitro groups is 1. The molecule has 0 radical (unpaired) electrons. The minimum absolute atomic E-state index is 0.0210. The van der Waals surface area contributed by atoms with Gasteiger partial charge < -0.3 is 10.4 Å². The molecule has 2 rings (SSSR count). The Hall–Kier alpha value is -2.26. The summed E-state index contributed by atoms with van der Waals surface area (Å²) in [6.45, 7) is 3.62. The minimum atomic E-state index is -0.479. The first-order valence-electron chi connectivity index (χ1n) is 6.64. The average Bonchev–Trinajstić information content (AvgIpc) is 2.85. The number of aliphatic hydroxyl groups is 1. The van der Waals surface area contributed by atoms with Crippen LogP contribution in [0.25, 0.3) is 10.2 Å². The molecule has 9 heteroatoms. The lowest BCUT2D eigenvalue weighted by molar-refractivity contribution is -0.384. The van der Waals surface area contributed by atoms with Crippen molar-refractivity contribution in [1.29, 1.82) is 0 Å². The Morgan fingerprint density at radius 1 is 1.50 bits per heavy atom. The van der Waals surface area contributed by atoms with Crippen LogP contribution >= 0.6 is 11.3 Å². The first kappa shape index (κ1) is 16.1. The Morgan fingerprint density at radius 2 is 2.23 bits per heavy atom. The molecule has 1 heterocycles. The van der Waals surface area contributed by atoms with Crippen molar-refractivity contribution in [2.24, 2.45) is 5.92 Å². The molecule has 118 valence electrons. The third-order valence-corrected chi connectivity index (χ3v) is 4.05. The number of hydrogen-bond acceptors (Lipinski definition) is 6. The highest BCUT2D eigenvalue weighted by molar-refractivity contribution is 7.22. The summed E-state index contributed by atoms with van der Waals surface area (Å²) in [5, 5.41) is 25.5. The number of aliphatic hydroxyl groups excluding tert-OH is 1. The highest BCUT2D eigenvalue weighted by atomic mass is 32.1. The fourth-order valence-corrected chi connectivity index (χ4v) is 2.70. The Morgan fingerprint density at radius 3 is 2.82 bits per heavy atom. The van der Waals surface area contributed by atoms with Crippen molar-refractivity contribution in [2.75, 3.05) is 11.9 Å². The van der Waals surface area contributed by atoms with Crippen LogP contribution in [0.5, 0.6) is 0 Å². The first-order valence-corrected chi connectivity index (χ1v) is 7.45. The molecule has 3 N–H and O–H groups in total. The average molecular weight is 324 g/mol. The number of benzene rings is 1. The number of aromatic nitrogens is 1. The van der Waals surface area contributed by atoms with Gasteiger partial charge in [-0.1, -0.05) is 25.2 Å². The van der Waals surface area contributed by atoms with E-state index in [4.69, 9.17) is 0 Å². The molecule has 8 nitrogen and oxygen atoms in total. The fraction of sp³-hybridized carbons (Fsp3) is 0.385. The topological polar surface area (TPSA) is 117 Å². The second-order valence-corrected chi connectivity index (χ2v) is 6.09. The number of carbonyl (C=O) groups excluding carboxylic acids is 1. The summed E-state index contributed by atoms with van der Waals surface area (Å²) in [6.07, 6.45) is 0. The normalized spacial score (nSPS) is 12.4. The summed E-state index contributed by atoms with van der Waals surface area (Å²) in [5.74, 6) is 0.0915. The number of amides is 2. The van der Waals surface area contributed by atoms with Crippen LogP contribution in [0, 0.1) is 16.0 Å². The number of rotatable bonds is 5. The van der Waals surface area contributed by atoms with Crippen molar-refractivity contribution in [3.05, 3.63) is 28.3 Å². The van der Waals surface area contributed by atoms with Gasteiger partial charge in [-0.05, 0) is 12.0 Å². The zero-order valence-corrected chi connectivity index (χ0v) is 12.9. The SMILES string of the molecule is CC(C)[C@H](CO)NC(=O)Nc1nc2ccc([N+](=O)[O-])cc2s1. The molecule has 22 heavy (non-hydrogen) atoms. The van der Waals surface area contributed by atoms with Crippen molar-refractivity contribution in [3.63, 3.8) is 0 Å². The van der Waals surface area contributed by atoms with Gasteiger partial charge in [-0.15, -0.1) is 0 Å². The van der Waals surface area contributed by atoms with Gasteiger partial charge >= 0.3 is 6.03 Å². The summed E-state index contributed by atoms with van der Waals surface area (Å²) in [7, 11) is 0. The lowest BCUT2D eigenvalue weighted by Crippen LogP contribution is -2.43. The summed E-state index contributed by atoms with van der Waals surface area (Å²) in [4.78, 5) is 26.3. The molecule has 0 bridgehead atoms. The highest BCUT2D eigenvalue weighted by Gasteiger charge is 2.16. The van der Waals surface area contributed by atoms with Crippen molar-refractivity contribution in [3.8, 4) is 0 Å². The summed E-state index contributed by atoms with van der Waals surface area (Å²) in [5.41, 5.74) is 0.556. The maximum atomic E-state index is 11.9. The van der Waals surface area contributed by atoms with E-state index in [9.17, 15) is 20.0 Å². The van der Waals surface area contributed by atoms with Crippen LogP contribution in [-0.4, -0.2) is 33.7 Å². The molecule has 1 aromatic heterocycles. The van der Waals surface area contributed by atoms with Crippen LogP contribution in [0.2, 0.25) is 0 Å². The van der Waals surface area contributed by atoms with Crippen molar-refractivity contribution in [1.82, 2.24) is 10.3 Å². The number of anilines is 1. The van der Waals surface area contributed by atoms with E-state index in [1.54, 1.807) is 0 Å². The molecule has 1 aromatic carbocycles. The Bertz CT molecular complexity index is 700. The molecular formula is C13H16N4O4S. The largest absolute Gasteiger partial charge is 0.394 e. The minimum Gasteiger partial charge on any atom is -0.394 e. The zero-order valence-electron chi connectivity index (χ0n) is 12.1. The smallest absolute Gasteiger partial charge is 0.321 e. The van der Waals surface area contributed by atoms with Gasteiger partial charge in [0.05, 0.1) is 27.8 Å². The number of nitro benzene ring substituents is 1. The van der Waals surface area contributed by atoms with Gasteiger partial charge in [0.1, 0.15) is 0 Å². The van der Waals surface area contributed by atoms with Crippen LogP contribution in [0.15, 0.2) is 18.2 Å². The monoisotopic (exact) mass is 324 g/mol. The summed E-state index contributed by atoms with van der Waals surface area (Å²) >= 11 is 1.15. The van der Waals surface area contributed by atoms with Gasteiger partial charge in [0, 0.05) is 12.1 Å². The maximum Gasteiger partial charge on any atom is 0.321 e. The zero-order chi connectivity index (χ0) is 16.3. The standard InChI is InChI=1S/C13H16N4O4S/c1-7(2)10(6-18)14-12(19)16-13-15-9-4-3-8(17(20)21)5-11(9)22-13/h3-5,7,10,18H,6H2,1-2H3,(H2,14,15,16,19)/t10-/m0/s1. The van der Waals surface area contributed by atoms with Crippen molar-refractivity contribution < 1.29 is 14.8 Å². The molecule has 2 aromatic rings. The van der Waals surface area contributed by atoms with Crippen LogP contribution in [0.1, 0.15) is 13.8 Å².